The molecule has 2 amide bonds. The summed E-state index contributed by atoms with van der Waals surface area (Å²) in [6, 6.07) is -1.36. The Kier molecular flexibility index (Phi) is 10.0. The molecule has 110 valence electrons. The summed E-state index contributed by atoms with van der Waals surface area (Å²) in [4.78, 5) is 22.5. The van der Waals surface area contributed by atoms with Crippen LogP contribution < -0.4 is 10.6 Å². The number of ether oxygens (including phenoxy) is 1. The summed E-state index contributed by atoms with van der Waals surface area (Å²) in [5.74, 6) is -0.351. The van der Waals surface area contributed by atoms with Crippen molar-refractivity contribution in [2.24, 2.45) is 0 Å². The van der Waals surface area contributed by atoms with Crippen molar-refractivity contribution in [1.82, 2.24) is 10.6 Å². The molecule has 0 spiro atoms. The zero-order valence-corrected chi connectivity index (χ0v) is 12.2. The third-order valence-corrected chi connectivity index (χ3v) is 2.91. The van der Waals surface area contributed by atoms with E-state index in [1.54, 1.807) is 6.08 Å². The molecule has 0 bridgehead atoms. The lowest BCUT2D eigenvalue weighted by Gasteiger charge is -2.16. The number of carbonyl (C=O) groups excluding carboxylic acids is 1. The van der Waals surface area contributed by atoms with Crippen LogP contribution in [-0.2, 0) is 9.53 Å². The van der Waals surface area contributed by atoms with Crippen molar-refractivity contribution in [3.8, 4) is 0 Å². The second-order valence-corrected chi connectivity index (χ2v) is 4.94. The Balaban J connectivity index is 3.98. The van der Waals surface area contributed by atoms with E-state index in [0.717, 1.165) is 0 Å². The molecule has 6 nitrogen and oxygen atoms in total. The van der Waals surface area contributed by atoms with Gasteiger partial charge in [-0.05, 0) is 25.4 Å². The summed E-state index contributed by atoms with van der Waals surface area (Å²) in [6.45, 7) is 6.06. The molecule has 0 saturated carbocycles. The van der Waals surface area contributed by atoms with Crippen LogP contribution in [0.3, 0.4) is 0 Å². The number of hydrogen-bond donors (Lipinski definition) is 3. The number of carbonyl (C=O) groups is 2. The minimum Gasteiger partial charge on any atom is -0.480 e. The highest BCUT2D eigenvalue weighted by molar-refractivity contribution is 7.98. The minimum absolute atomic E-state index is 0.154. The maximum atomic E-state index is 11.5. The summed E-state index contributed by atoms with van der Waals surface area (Å²) in [5, 5.41) is 14.0. The standard InChI is InChI=1S/C12H22N2O4S/c1-4-6-18-9(2)8-13-12(17)14-10(11(15)16)5-7-19-3/h4,9-10H,1,5-8H2,2-3H3,(H,15,16)(H2,13,14,17). The van der Waals surface area contributed by atoms with E-state index in [4.69, 9.17) is 9.84 Å². The van der Waals surface area contributed by atoms with Crippen molar-refractivity contribution >= 4 is 23.8 Å². The third kappa shape index (κ3) is 9.38. The van der Waals surface area contributed by atoms with Crippen molar-refractivity contribution in [2.75, 3.05) is 25.2 Å². The normalized spacial score (nSPS) is 13.4. The summed E-state index contributed by atoms with van der Waals surface area (Å²) in [6.07, 6.45) is 3.75. The number of hydrogen-bond acceptors (Lipinski definition) is 4. The Morgan fingerprint density at radius 3 is 2.74 bits per heavy atom. The van der Waals surface area contributed by atoms with Crippen LogP contribution in [0.25, 0.3) is 0 Å². The van der Waals surface area contributed by atoms with Crippen LogP contribution in [0.4, 0.5) is 4.79 Å². The van der Waals surface area contributed by atoms with E-state index < -0.39 is 18.0 Å². The second kappa shape index (κ2) is 10.7. The van der Waals surface area contributed by atoms with E-state index in [9.17, 15) is 9.59 Å². The zero-order chi connectivity index (χ0) is 14.7. The molecule has 0 saturated heterocycles. The van der Waals surface area contributed by atoms with Gasteiger partial charge in [-0.25, -0.2) is 9.59 Å². The highest BCUT2D eigenvalue weighted by Gasteiger charge is 2.19. The smallest absolute Gasteiger partial charge is 0.326 e. The summed E-state index contributed by atoms with van der Waals surface area (Å²) in [5.41, 5.74) is 0. The molecule has 0 aliphatic carbocycles. The molecule has 0 aliphatic rings. The number of aliphatic carboxylic acids is 1. The van der Waals surface area contributed by atoms with Gasteiger partial charge in [-0.15, -0.1) is 6.58 Å². The number of rotatable bonds is 10. The topological polar surface area (TPSA) is 87.7 Å². The summed E-state index contributed by atoms with van der Waals surface area (Å²) >= 11 is 1.54. The van der Waals surface area contributed by atoms with E-state index in [-0.39, 0.29) is 6.10 Å². The lowest BCUT2D eigenvalue weighted by molar-refractivity contribution is -0.139. The van der Waals surface area contributed by atoms with Crippen molar-refractivity contribution in [1.29, 1.82) is 0 Å². The lowest BCUT2D eigenvalue weighted by atomic mass is 10.2. The van der Waals surface area contributed by atoms with Crippen LogP contribution >= 0.6 is 11.8 Å². The highest BCUT2D eigenvalue weighted by atomic mass is 32.2. The Morgan fingerprint density at radius 1 is 1.53 bits per heavy atom. The predicted molar refractivity (Wildman–Crippen MR) is 76.6 cm³/mol. The number of nitrogens with one attached hydrogen (secondary N) is 2. The van der Waals surface area contributed by atoms with E-state index in [1.807, 2.05) is 13.2 Å². The van der Waals surface area contributed by atoms with Gasteiger partial charge in [-0.3, -0.25) is 0 Å². The van der Waals surface area contributed by atoms with Crippen LogP contribution in [0.15, 0.2) is 12.7 Å². The minimum atomic E-state index is -1.03. The third-order valence-electron chi connectivity index (χ3n) is 2.26. The van der Waals surface area contributed by atoms with E-state index in [0.29, 0.717) is 25.3 Å². The van der Waals surface area contributed by atoms with Gasteiger partial charge in [-0.1, -0.05) is 6.08 Å². The maximum Gasteiger partial charge on any atom is 0.326 e. The number of amides is 2. The molecule has 0 heterocycles. The fraction of sp³-hybridized carbons (Fsp3) is 0.667. The van der Waals surface area contributed by atoms with Gasteiger partial charge in [-0.2, -0.15) is 11.8 Å². The molecule has 0 aliphatic heterocycles. The van der Waals surface area contributed by atoms with Crippen LogP contribution in [0, 0.1) is 0 Å². The Morgan fingerprint density at radius 2 is 2.21 bits per heavy atom. The molecule has 2 unspecified atom stereocenters. The van der Waals surface area contributed by atoms with Crippen molar-refractivity contribution in [2.45, 2.75) is 25.5 Å². The Hall–Kier alpha value is -1.21. The van der Waals surface area contributed by atoms with Gasteiger partial charge in [0.15, 0.2) is 0 Å². The molecule has 0 aromatic heterocycles. The van der Waals surface area contributed by atoms with Crippen LogP contribution in [0.2, 0.25) is 0 Å². The summed E-state index contributed by atoms with van der Waals surface area (Å²) < 4.78 is 5.28. The SMILES string of the molecule is C=CCOC(C)CNC(=O)NC(CCSC)C(=O)O. The molecular weight excluding hydrogens is 268 g/mol. The largest absolute Gasteiger partial charge is 0.480 e. The van der Waals surface area contributed by atoms with Gasteiger partial charge in [0.1, 0.15) is 6.04 Å². The van der Waals surface area contributed by atoms with Crippen molar-refractivity contribution in [3.63, 3.8) is 0 Å². The maximum absolute atomic E-state index is 11.5. The molecule has 0 aromatic rings. The first-order valence-electron chi connectivity index (χ1n) is 5.99. The van der Waals surface area contributed by atoms with Gasteiger partial charge >= 0.3 is 12.0 Å². The van der Waals surface area contributed by atoms with Crippen molar-refractivity contribution < 1.29 is 19.4 Å². The molecule has 19 heavy (non-hydrogen) atoms. The van der Waals surface area contributed by atoms with Gasteiger partial charge in [0.25, 0.3) is 0 Å². The molecule has 0 aromatic carbocycles. The van der Waals surface area contributed by atoms with E-state index in [2.05, 4.69) is 17.2 Å². The van der Waals surface area contributed by atoms with Gasteiger partial charge in [0, 0.05) is 6.54 Å². The first-order chi connectivity index (χ1) is 9.01. The van der Waals surface area contributed by atoms with Gasteiger partial charge < -0.3 is 20.5 Å². The average Bonchev–Trinajstić information content (AvgIpc) is 2.38. The highest BCUT2D eigenvalue weighted by Crippen LogP contribution is 2.00. The first-order valence-corrected chi connectivity index (χ1v) is 7.39. The van der Waals surface area contributed by atoms with Crippen LogP contribution in [0.5, 0.6) is 0 Å². The molecule has 2 atom stereocenters. The molecule has 3 N–H and O–H groups in total. The number of urea groups is 1. The predicted octanol–water partition coefficient (Wildman–Crippen LogP) is 1.08. The van der Waals surface area contributed by atoms with Crippen molar-refractivity contribution in [3.05, 3.63) is 12.7 Å². The average molecular weight is 290 g/mol. The Bertz CT molecular complexity index is 299. The first kappa shape index (κ1) is 17.8. The second-order valence-electron chi connectivity index (χ2n) is 3.96. The van der Waals surface area contributed by atoms with Gasteiger partial charge in [0.2, 0.25) is 0 Å². The number of carboxylic acid groups (broad SMARTS) is 1. The fourth-order valence-corrected chi connectivity index (χ4v) is 1.70. The number of carboxylic acids is 1. The molecule has 0 radical (unpaired) electrons. The monoisotopic (exact) mass is 290 g/mol. The van der Waals surface area contributed by atoms with Gasteiger partial charge in [0.05, 0.1) is 12.7 Å². The fourth-order valence-electron chi connectivity index (χ4n) is 1.23. The molecule has 0 rings (SSSR count). The quantitative estimate of drug-likeness (QED) is 0.524. The summed E-state index contributed by atoms with van der Waals surface area (Å²) in [7, 11) is 0. The van der Waals surface area contributed by atoms with Crippen LogP contribution in [-0.4, -0.2) is 54.4 Å². The molecule has 0 fully saturated rings. The number of thioether (sulfide) groups is 1. The molecule has 7 heteroatoms. The molecular formula is C12H22N2O4S. The van der Waals surface area contributed by atoms with Crippen LogP contribution in [0.1, 0.15) is 13.3 Å². The van der Waals surface area contributed by atoms with E-state index in [1.165, 1.54) is 11.8 Å². The lowest BCUT2D eigenvalue weighted by Crippen LogP contribution is -2.47. The Labute approximate surface area is 118 Å². The zero-order valence-electron chi connectivity index (χ0n) is 11.3. The van der Waals surface area contributed by atoms with E-state index >= 15 is 0 Å².